The van der Waals surface area contributed by atoms with Gasteiger partial charge in [0.15, 0.2) is 0 Å². The molecule has 0 amide bonds. The van der Waals surface area contributed by atoms with Crippen molar-refractivity contribution >= 4 is 52.3 Å². The minimum absolute atomic E-state index is 0. The van der Waals surface area contributed by atoms with Crippen LogP contribution in [0.2, 0.25) is 0 Å². The van der Waals surface area contributed by atoms with Crippen molar-refractivity contribution in [2.75, 3.05) is 0 Å². The van der Waals surface area contributed by atoms with Crippen LogP contribution in [-0.4, -0.2) is 51.7 Å². The van der Waals surface area contributed by atoms with Crippen molar-refractivity contribution in [2.24, 2.45) is 0 Å². The Kier molecular flexibility index (Phi) is 4.28. The van der Waals surface area contributed by atoms with Crippen LogP contribution in [0.15, 0.2) is 36.4 Å². The Morgan fingerprint density at radius 2 is 1.12 bits per heavy atom. The Morgan fingerprint density at radius 1 is 0.765 bits per heavy atom. The summed E-state index contributed by atoms with van der Waals surface area (Å²) in [4.78, 5) is 21.5. The molecule has 81 valence electrons. The number of rotatable bonds is 2. The zero-order chi connectivity index (χ0) is 11.7. The first kappa shape index (κ1) is 13.7. The first-order chi connectivity index (χ1) is 7.58. The standard InChI is InChI=1S/C12H8O4.Na/c13-11(14)9-3-1-7-5-10(12(15)16)4-2-8(7)6-9;/h1-6H,(H,13,14)(H,15,16);. The molecule has 0 heterocycles. The molecule has 2 aromatic carbocycles. The molecule has 0 aliphatic carbocycles. The van der Waals surface area contributed by atoms with Crippen LogP contribution in [0.25, 0.3) is 10.8 Å². The number of hydrogen-bond acceptors (Lipinski definition) is 2. The molecule has 0 spiro atoms. The van der Waals surface area contributed by atoms with Crippen LogP contribution < -0.4 is 0 Å². The second-order valence-corrected chi connectivity index (χ2v) is 3.39. The molecule has 17 heavy (non-hydrogen) atoms. The number of carboxylic acids is 2. The van der Waals surface area contributed by atoms with Gasteiger partial charge in [0.05, 0.1) is 11.1 Å². The molecular formula is C12H8NaO4. The maximum absolute atomic E-state index is 10.7. The smallest absolute Gasteiger partial charge is 0.335 e. The molecule has 2 aromatic rings. The van der Waals surface area contributed by atoms with E-state index >= 15 is 0 Å². The van der Waals surface area contributed by atoms with Crippen molar-refractivity contribution in [3.8, 4) is 0 Å². The van der Waals surface area contributed by atoms with E-state index in [0.29, 0.717) is 10.8 Å². The molecule has 0 bridgehead atoms. The van der Waals surface area contributed by atoms with Gasteiger partial charge in [0, 0.05) is 29.6 Å². The number of hydrogen-bond donors (Lipinski definition) is 2. The first-order valence-electron chi connectivity index (χ1n) is 4.58. The average molecular weight is 239 g/mol. The van der Waals surface area contributed by atoms with Crippen LogP contribution in [0.5, 0.6) is 0 Å². The van der Waals surface area contributed by atoms with E-state index in [-0.39, 0.29) is 40.7 Å². The molecule has 0 saturated heterocycles. The van der Waals surface area contributed by atoms with Crippen LogP contribution in [0.4, 0.5) is 0 Å². The fourth-order valence-corrected chi connectivity index (χ4v) is 1.51. The Morgan fingerprint density at radius 3 is 1.41 bits per heavy atom. The van der Waals surface area contributed by atoms with Gasteiger partial charge in [-0.3, -0.25) is 0 Å². The van der Waals surface area contributed by atoms with Crippen LogP contribution in [-0.2, 0) is 0 Å². The summed E-state index contributed by atoms with van der Waals surface area (Å²) in [5.74, 6) is -1.99. The molecule has 5 heteroatoms. The summed E-state index contributed by atoms with van der Waals surface area (Å²) in [5, 5.41) is 19.0. The molecule has 0 saturated carbocycles. The van der Waals surface area contributed by atoms with Crippen molar-refractivity contribution in [3.05, 3.63) is 47.5 Å². The van der Waals surface area contributed by atoms with Gasteiger partial charge < -0.3 is 10.2 Å². The second kappa shape index (κ2) is 5.31. The van der Waals surface area contributed by atoms with E-state index in [1.54, 1.807) is 12.1 Å². The molecule has 0 atom stereocenters. The van der Waals surface area contributed by atoms with Gasteiger partial charge in [0.2, 0.25) is 0 Å². The monoisotopic (exact) mass is 239 g/mol. The third-order valence-electron chi connectivity index (χ3n) is 2.33. The minimum Gasteiger partial charge on any atom is -0.478 e. The quantitative estimate of drug-likeness (QED) is 0.784. The predicted molar refractivity (Wildman–Crippen MR) is 63.6 cm³/mol. The fraction of sp³-hybridized carbons (Fsp3) is 0. The number of fused-ring (bicyclic) bond motifs is 1. The molecule has 2 N–H and O–H groups in total. The summed E-state index contributed by atoms with van der Waals surface area (Å²) in [7, 11) is 0. The third-order valence-corrected chi connectivity index (χ3v) is 2.33. The molecule has 0 aliphatic heterocycles. The molecule has 0 unspecified atom stereocenters. The predicted octanol–water partition coefficient (Wildman–Crippen LogP) is 1.86. The van der Waals surface area contributed by atoms with Gasteiger partial charge in [0.1, 0.15) is 0 Å². The van der Waals surface area contributed by atoms with Crippen molar-refractivity contribution in [1.29, 1.82) is 0 Å². The van der Waals surface area contributed by atoms with Crippen molar-refractivity contribution in [3.63, 3.8) is 0 Å². The molecule has 0 aromatic heterocycles. The summed E-state index contributed by atoms with van der Waals surface area (Å²) < 4.78 is 0. The number of carbonyl (C=O) groups is 2. The molecule has 2 rings (SSSR count). The van der Waals surface area contributed by atoms with E-state index in [1.165, 1.54) is 24.3 Å². The van der Waals surface area contributed by atoms with Gasteiger partial charge in [-0.25, -0.2) is 9.59 Å². The van der Waals surface area contributed by atoms with Crippen LogP contribution >= 0.6 is 0 Å². The van der Waals surface area contributed by atoms with Gasteiger partial charge in [-0.1, -0.05) is 12.1 Å². The minimum atomic E-state index is -0.996. The maximum Gasteiger partial charge on any atom is 0.335 e. The van der Waals surface area contributed by atoms with Crippen LogP contribution in [0.3, 0.4) is 0 Å². The number of aromatic carboxylic acids is 2. The van der Waals surface area contributed by atoms with Crippen LogP contribution in [0.1, 0.15) is 20.7 Å². The molecule has 4 nitrogen and oxygen atoms in total. The van der Waals surface area contributed by atoms with E-state index < -0.39 is 11.9 Å². The second-order valence-electron chi connectivity index (χ2n) is 3.39. The van der Waals surface area contributed by atoms with Crippen molar-refractivity contribution in [1.82, 2.24) is 0 Å². The summed E-state index contributed by atoms with van der Waals surface area (Å²) in [6, 6.07) is 9.15. The third kappa shape index (κ3) is 2.85. The average Bonchev–Trinajstić information content (AvgIpc) is 2.27. The number of carboxylic acid groups (broad SMARTS) is 2. The first-order valence-corrected chi connectivity index (χ1v) is 4.58. The molecular weight excluding hydrogens is 231 g/mol. The van der Waals surface area contributed by atoms with E-state index in [0.717, 1.165) is 0 Å². The van der Waals surface area contributed by atoms with Crippen molar-refractivity contribution < 1.29 is 19.8 Å². The molecule has 1 radical (unpaired) electrons. The Hall–Kier alpha value is -1.36. The topological polar surface area (TPSA) is 74.6 Å². The SMILES string of the molecule is O=C(O)c1ccc2cc(C(=O)O)ccc2c1.[Na]. The Labute approximate surface area is 119 Å². The maximum atomic E-state index is 10.7. The zero-order valence-corrected chi connectivity index (χ0v) is 11.2. The van der Waals surface area contributed by atoms with Gasteiger partial charge in [-0.05, 0) is 35.0 Å². The van der Waals surface area contributed by atoms with E-state index in [9.17, 15) is 9.59 Å². The summed E-state index contributed by atoms with van der Waals surface area (Å²) in [6.07, 6.45) is 0. The largest absolute Gasteiger partial charge is 0.478 e. The van der Waals surface area contributed by atoms with Gasteiger partial charge in [-0.2, -0.15) is 0 Å². The normalized spacial score (nSPS) is 9.65. The van der Waals surface area contributed by atoms with Crippen molar-refractivity contribution in [2.45, 2.75) is 0 Å². The summed E-state index contributed by atoms with van der Waals surface area (Å²) >= 11 is 0. The van der Waals surface area contributed by atoms with Gasteiger partial charge in [-0.15, -0.1) is 0 Å². The van der Waals surface area contributed by atoms with E-state index in [2.05, 4.69) is 0 Å². The van der Waals surface area contributed by atoms with E-state index in [1.807, 2.05) is 0 Å². The van der Waals surface area contributed by atoms with E-state index in [4.69, 9.17) is 10.2 Å². The van der Waals surface area contributed by atoms with Gasteiger partial charge >= 0.3 is 11.9 Å². The Balaban J connectivity index is 0.00000144. The molecule has 0 fully saturated rings. The molecule has 0 aliphatic rings. The fourth-order valence-electron chi connectivity index (χ4n) is 1.51. The van der Waals surface area contributed by atoms with Crippen LogP contribution in [0, 0.1) is 0 Å². The van der Waals surface area contributed by atoms with Gasteiger partial charge in [0.25, 0.3) is 0 Å². The zero-order valence-electron chi connectivity index (χ0n) is 9.18. The summed E-state index contributed by atoms with van der Waals surface area (Å²) in [5.41, 5.74) is 0.381. The Bertz CT molecular complexity index is 539. The summed E-state index contributed by atoms with van der Waals surface area (Å²) in [6.45, 7) is 0. The number of benzene rings is 2.